The molecule has 0 radical (unpaired) electrons. The minimum absolute atomic E-state index is 0.194. The molecular weight excluding hydrogens is 436 g/mol. The van der Waals surface area contributed by atoms with Gasteiger partial charge in [0.15, 0.2) is 0 Å². The molecule has 7 rings (SSSR count). The van der Waals surface area contributed by atoms with Gasteiger partial charge in [-0.15, -0.1) is 0 Å². The van der Waals surface area contributed by atoms with Crippen LogP contribution in [0.15, 0.2) is 0 Å². The fourth-order valence-electron chi connectivity index (χ4n) is 12.2. The van der Waals surface area contributed by atoms with E-state index in [2.05, 4.69) is 41.5 Å². The number of hydrogen-bond acceptors (Lipinski definition) is 4. The largest absolute Gasteiger partial charge is 0.381 e. The molecule has 35 heavy (non-hydrogen) atoms. The lowest BCUT2D eigenvalue weighted by atomic mass is 9.45. The van der Waals surface area contributed by atoms with Crippen LogP contribution in [-0.4, -0.2) is 36.5 Å². The van der Waals surface area contributed by atoms with Crippen LogP contribution in [0.5, 0.6) is 0 Å². The first-order chi connectivity index (χ1) is 16.3. The molecule has 2 saturated heterocycles. The summed E-state index contributed by atoms with van der Waals surface area (Å²) in [6.07, 6.45) is 12.9. The zero-order valence-electron chi connectivity index (χ0n) is 23.6. The molecular formula is C31H50O4. The predicted molar refractivity (Wildman–Crippen MR) is 136 cm³/mol. The minimum Gasteiger partial charge on any atom is -0.381 e. The van der Waals surface area contributed by atoms with E-state index in [1.54, 1.807) is 0 Å². The maximum absolute atomic E-state index is 6.63. The van der Waals surface area contributed by atoms with Gasteiger partial charge >= 0.3 is 0 Å². The topological polar surface area (TPSA) is 36.9 Å². The van der Waals surface area contributed by atoms with Crippen molar-refractivity contribution in [3.05, 3.63) is 0 Å². The van der Waals surface area contributed by atoms with Gasteiger partial charge in [0, 0.05) is 25.9 Å². The molecule has 13 atom stereocenters. The van der Waals surface area contributed by atoms with Crippen LogP contribution in [-0.2, 0) is 18.9 Å². The highest BCUT2D eigenvalue weighted by Crippen LogP contribution is 2.82. The zero-order chi connectivity index (χ0) is 24.8. The summed E-state index contributed by atoms with van der Waals surface area (Å²) in [5.74, 6) is 3.88. The molecule has 198 valence electrons. The van der Waals surface area contributed by atoms with Gasteiger partial charge in [-0.3, -0.25) is 0 Å². The highest BCUT2D eigenvalue weighted by molar-refractivity contribution is 5.26. The van der Waals surface area contributed by atoms with E-state index in [4.69, 9.17) is 18.9 Å². The fourth-order valence-corrected chi connectivity index (χ4v) is 12.2. The van der Waals surface area contributed by atoms with Crippen LogP contribution >= 0.6 is 0 Å². The second kappa shape index (κ2) is 6.88. The molecule has 4 heteroatoms. The zero-order valence-corrected chi connectivity index (χ0v) is 23.6. The van der Waals surface area contributed by atoms with E-state index < -0.39 is 5.97 Å². The summed E-state index contributed by atoms with van der Waals surface area (Å²) in [5, 5.41) is 0. The molecule has 0 N–H and O–H groups in total. The van der Waals surface area contributed by atoms with Crippen molar-refractivity contribution in [2.75, 3.05) is 7.11 Å². The van der Waals surface area contributed by atoms with Crippen molar-refractivity contribution in [1.29, 1.82) is 0 Å². The molecule has 5 aliphatic carbocycles. The van der Waals surface area contributed by atoms with Gasteiger partial charge in [-0.25, -0.2) is 0 Å². The number of ether oxygens (including phenoxy) is 4. The quantitative estimate of drug-likeness (QED) is 0.432. The van der Waals surface area contributed by atoms with Crippen molar-refractivity contribution in [2.24, 2.45) is 51.8 Å². The predicted octanol–water partition coefficient (Wildman–Crippen LogP) is 6.95. The van der Waals surface area contributed by atoms with Crippen molar-refractivity contribution in [3.8, 4) is 0 Å². The molecule has 0 aromatic heterocycles. The van der Waals surface area contributed by atoms with Gasteiger partial charge in [-0.1, -0.05) is 20.8 Å². The minimum atomic E-state index is -0.909. The Labute approximate surface area is 213 Å². The highest BCUT2D eigenvalue weighted by atomic mass is 16.9. The van der Waals surface area contributed by atoms with Gasteiger partial charge < -0.3 is 18.9 Å². The lowest BCUT2D eigenvalue weighted by molar-refractivity contribution is -0.385. The highest BCUT2D eigenvalue weighted by Gasteiger charge is 2.77. The van der Waals surface area contributed by atoms with Gasteiger partial charge in [-0.05, 0) is 118 Å². The second-order valence-electron chi connectivity index (χ2n) is 15.5. The molecule has 0 amide bonds. The Kier molecular flexibility index (Phi) is 4.70. The van der Waals surface area contributed by atoms with E-state index >= 15 is 0 Å². The van der Waals surface area contributed by atoms with E-state index in [0.29, 0.717) is 34.2 Å². The lowest BCUT2D eigenvalue weighted by Crippen LogP contribution is -2.57. The Morgan fingerprint density at radius 2 is 1.63 bits per heavy atom. The van der Waals surface area contributed by atoms with Crippen molar-refractivity contribution in [3.63, 3.8) is 0 Å². The molecule has 2 bridgehead atoms. The van der Waals surface area contributed by atoms with Crippen LogP contribution in [0.2, 0.25) is 0 Å². The van der Waals surface area contributed by atoms with Gasteiger partial charge in [0.05, 0.1) is 17.8 Å². The molecule has 7 fully saturated rings. The van der Waals surface area contributed by atoms with E-state index in [1.165, 1.54) is 51.4 Å². The van der Waals surface area contributed by atoms with Crippen LogP contribution < -0.4 is 0 Å². The molecule has 1 unspecified atom stereocenters. The second-order valence-corrected chi connectivity index (χ2v) is 15.5. The van der Waals surface area contributed by atoms with Crippen molar-refractivity contribution >= 4 is 0 Å². The molecule has 2 aliphatic heterocycles. The number of methoxy groups -OCH3 is 1. The van der Waals surface area contributed by atoms with Gasteiger partial charge in [-0.2, -0.15) is 0 Å². The first-order valence-electron chi connectivity index (χ1n) is 14.9. The average molecular weight is 487 g/mol. The SMILES string of the molecule is CO[C@@H]1C[C@H]2[C@@H]3CC[C@H]([C@H](C)[C@@H]4C[C@]5(C)OC(C)(O4)OC5(C)C)[C@@]3(C)CC[C@@H]2[C@@]2(C)CC[C@@H]3C[C@]312. The summed E-state index contributed by atoms with van der Waals surface area (Å²) >= 11 is 0. The van der Waals surface area contributed by atoms with Gasteiger partial charge in [0.25, 0.3) is 5.97 Å². The number of rotatable bonds is 3. The molecule has 4 nitrogen and oxygen atoms in total. The maximum atomic E-state index is 6.63. The molecule has 2 heterocycles. The van der Waals surface area contributed by atoms with Crippen LogP contribution in [0.25, 0.3) is 0 Å². The van der Waals surface area contributed by atoms with E-state index in [0.717, 1.165) is 30.1 Å². The van der Waals surface area contributed by atoms with Crippen LogP contribution in [0.1, 0.15) is 106 Å². The third-order valence-corrected chi connectivity index (χ3v) is 14.2. The maximum Gasteiger partial charge on any atom is 0.281 e. The lowest BCUT2D eigenvalue weighted by Gasteiger charge is -2.61. The summed E-state index contributed by atoms with van der Waals surface area (Å²) in [6.45, 7) is 16.4. The summed E-state index contributed by atoms with van der Waals surface area (Å²) in [6, 6.07) is 0. The molecule has 1 spiro atoms. The Bertz CT molecular complexity index is 914. The Hall–Kier alpha value is -0.160. The fraction of sp³-hybridized carbons (Fsp3) is 1.00. The van der Waals surface area contributed by atoms with Crippen LogP contribution in [0.3, 0.4) is 0 Å². The summed E-state index contributed by atoms with van der Waals surface area (Å²) in [7, 11) is 2.01. The first kappa shape index (κ1) is 23.9. The normalized spacial score (nSPS) is 62.6. The van der Waals surface area contributed by atoms with Gasteiger partial charge in [0.1, 0.15) is 5.60 Å². The summed E-state index contributed by atoms with van der Waals surface area (Å²) < 4.78 is 25.7. The number of fused-ring (bicyclic) bond motifs is 6. The Balaban J connectivity index is 1.15. The smallest absolute Gasteiger partial charge is 0.281 e. The standard InChI is InChI=1S/C31H50O4/c1-18(24-17-29(6)26(2,3)34-30(7,33-24)35-29)21-9-10-22-20-15-25(32-8)31-16-19(31)11-14-28(31,5)23(20)12-13-27(21,22)4/h18-25H,9-17H2,1-8H3/t18-,19+,20-,21+,22-,23-,24-,25+,27+,28+,29-,30?,31-/m0/s1. The van der Waals surface area contributed by atoms with Crippen molar-refractivity contribution < 1.29 is 18.9 Å². The summed E-state index contributed by atoms with van der Waals surface area (Å²) in [4.78, 5) is 0. The van der Waals surface area contributed by atoms with Crippen LogP contribution in [0.4, 0.5) is 0 Å². The van der Waals surface area contributed by atoms with E-state index in [-0.39, 0.29) is 17.3 Å². The molecule has 5 saturated carbocycles. The Morgan fingerprint density at radius 1 is 0.857 bits per heavy atom. The van der Waals surface area contributed by atoms with Crippen molar-refractivity contribution in [2.45, 2.75) is 136 Å². The number of hydrogen-bond donors (Lipinski definition) is 0. The van der Waals surface area contributed by atoms with E-state index in [1.807, 2.05) is 14.0 Å². The first-order valence-corrected chi connectivity index (χ1v) is 14.9. The molecule has 0 aromatic carbocycles. The van der Waals surface area contributed by atoms with Crippen molar-refractivity contribution in [1.82, 2.24) is 0 Å². The van der Waals surface area contributed by atoms with E-state index in [9.17, 15) is 0 Å². The molecule has 0 aromatic rings. The summed E-state index contributed by atoms with van der Waals surface area (Å²) in [5.41, 5.74) is 0.828. The molecule has 7 aliphatic rings. The van der Waals surface area contributed by atoms with Gasteiger partial charge in [0.2, 0.25) is 0 Å². The third-order valence-electron chi connectivity index (χ3n) is 14.2. The average Bonchev–Trinajstić information content (AvgIpc) is 3.23. The monoisotopic (exact) mass is 486 g/mol. The third kappa shape index (κ3) is 2.74. The Morgan fingerprint density at radius 3 is 2.31 bits per heavy atom. The van der Waals surface area contributed by atoms with Crippen LogP contribution in [0, 0.1) is 51.8 Å².